The molecular weight excluding hydrogens is 249 g/mol. The fourth-order valence-corrected chi connectivity index (χ4v) is 2.76. The van der Waals surface area contributed by atoms with E-state index in [9.17, 15) is 4.39 Å². The summed E-state index contributed by atoms with van der Waals surface area (Å²) in [4.78, 5) is 1.09. The van der Waals surface area contributed by atoms with Gasteiger partial charge in [-0.05, 0) is 17.7 Å². The molecule has 0 radical (unpaired) electrons. The zero-order valence-corrected chi connectivity index (χ0v) is 11.2. The molecule has 0 amide bonds. The van der Waals surface area contributed by atoms with Crippen LogP contribution in [-0.4, -0.2) is 15.0 Å². The molecule has 0 spiro atoms. The summed E-state index contributed by atoms with van der Waals surface area (Å²) < 4.78 is 14.6. The highest BCUT2D eigenvalue weighted by Gasteiger charge is 2.16. The molecule has 0 bridgehead atoms. The van der Waals surface area contributed by atoms with Crippen molar-refractivity contribution in [2.75, 3.05) is 0 Å². The van der Waals surface area contributed by atoms with Gasteiger partial charge in [0, 0.05) is 29.4 Å². The van der Waals surface area contributed by atoms with Gasteiger partial charge in [0.25, 0.3) is 0 Å². The van der Waals surface area contributed by atoms with Gasteiger partial charge in [0.15, 0.2) is 0 Å². The highest BCUT2D eigenvalue weighted by atomic mass is 32.2. The van der Waals surface area contributed by atoms with Gasteiger partial charge in [0.2, 0.25) is 0 Å². The number of hydrogen-bond donors (Lipinski definition) is 1. The molecule has 0 saturated heterocycles. The van der Waals surface area contributed by atoms with Crippen LogP contribution >= 0.6 is 11.8 Å². The van der Waals surface area contributed by atoms with E-state index in [1.165, 1.54) is 12.1 Å². The van der Waals surface area contributed by atoms with E-state index < -0.39 is 0 Å². The summed E-state index contributed by atoms with van der Waals surface area (Å²) in [5.41, 5.74) is 7.12. The van der Waals surface area contributed by atoms with Crippen LogP contribution in [0.25, 0.3) is 0 Å². The van der Waals surface area contributed by atoms with Crippen molar-refractivity contribution in [1.29, 1.82) is 0 Å². The first-order valence-electron chi connectivity index (χ1n) is 5.72. The minimum atomic E-state index is -0.237. The highest BCUT2D eigenvalue weighted by molar-refractivity contribution is 8.00. The summed E-state index contributed by atoms with van der Waals surface area (Å²) in [5.74, 6) is -0.237. The minimum absolute atomic E-state index is 0.129. The topological polar surface area (TPSA) is 43.8 Å². The van der Waals surface area contributed by atoms with Crippen molar-refractivity contribution in [3.8, 4) is 0 Å². The van der Waals surface area contributed by atoms with E-state index in [1.807, 2.05) is 19.4 Å². The molecule has 18 heavy (non-hydrogen) atoms. The summed E-state index contributed by atoms with van der Waals surface area (Å²) in [6.07, 6.45) is 3.77. The number of thioether (sulfide) groups is 1. The molecule has 2 N–H and O–H groups in total. The van der Waals surface area contributed by atoms with Crippen LogP contribution in [0.3, 0.4) is 0 Å². The highest BCUT2D eigenvalue weighted by Crippen LogP contribution is 2.30. The first-order valence-corrected chi connectivity index (χ1v) is 6.60. The number of aromatic nitrogens is 2. The van der Waals surface area contributed by atoms with Gasteiger partial charge in [-0.1, -0.05) is 19.1 Å². The maximum absolute atomic E-state index is 12.8. The number of nitrogens with two attached hydrogens (primary N) is 1. The predicted octanol–water partition coefficient (Wildman–Crippen LogP) is 2.74. The molecule has 1 heterocycles. The van der Waals surface area contributed by atoms with Crippen molar-refractivity contribution in [1.82, 2.24) is 9.78 Å². The number of hydrogen-bond acceptors (Lipinski definition) is 3. The molecule has 0 aliphatic carbocycles. The van der Waals surface area contributed by atoms with Crippen LogP contribution in [0.1, 0.15) is 18.5 Å². The molecule has 96 valence electrons. The minimum Gasteiger partial charge on any atom is -0.323 e. The van der Waals surface area contributed by atoms with Crippen LogP contribution in [-0.2, 0) is 7.05 Å². The second-order valence-corrected chi connectivity index (χ2v) is 5.70. The van der Waals surface area contributed by atoms with Gasteiger partial charge >= 0.3 is 0 Å². The molecule has 2 rings (SSSR count). The molecule has 1 aromatic heterocycles. The Bertz CT molecular complexity index is 509. The van der Waals surface area contributed by atoms with Crippen molar-refractivity contribution in [3.63, 3.8) is 0 Å². The maximum Gasteiger partial charge on any atom is 0.123 e. The Balaban J connectivity index is 2.04. The fourth-order valence-electron chi connectivity index (χ4n) is 1.70. The first-order chi connectivity index (χ1) is 8.56. The molecule has 5 heteroatoms. The average molecular weight is 265 g/mol. The second kappa shape index (κ2) is 5.54. The van der Waals surface area contributed by atoms with E-state index in [0.29, 0.717) is 0 Å². The molecule has 0 fully saturated rings. The van der Waals surface area contributed by atoms with E-state index in [2.05, 4.69) is 12.0 Å². The van der Waals surface area contributed by atoms with Crippen molar-refractivity contribution < 1.29 is 4.39 Å². The molecular formula is C13H16FN3S. The lowest BCUT2D eigenvalue weighted by Gasteiger charge is -2.19. The monoisotopic (exact) mass is 265 g/mol. The summed E-state index contributed by atoms with van der Waals surface area (Å²) in [7, 11) is 1.88. The first kappa shape index (κ1) is 13.1. The average Bonchev–Trinajstić information content (AvgIpc) is 2.75. The normalized spacial score (nSPS) is 14.4. The summed E-state index contributed by atoms with van der Waals surface area (Å²) in [5, 5.41) is 4.31. The van der Waals surface area contributed by atoms with Crippen molar-refractivity contribution in [2.45, 2.75) is 23.1 Å². The summed E-state index contributed by atoms with van der Waals surface area (Å²) in [6.45, 7) is 2.06. The van der Waals surface area contributed by atoms with E-state index in [0.717, 1.165) is 10.5 Å². The molecule has 2 aromatic rings. The Hall–Kier alpha value is -1.33. The Kier molecular flexibility index (Phi) is 4.04. The third-order valence-electron chi connectivity index (χ3n) is 2.76. The standard InChI is InChI=1S/C13H16FN3S/c1-9(18-12-7-16-17(2)8-12)13(15)10-3-5-11(14)6-4-10/h3-9,13H,15H2,1-2H3. The van der Waals surface area contributed by atoms with Crippen LogP contribution in [0.5, 0.6) is 0 Å². The molecule has 0 saturated carbocycles. The van der Waals surface area contributed by atoms with E-state index >= 15 is 0 Å². The zero-order chi connectivity index (χ0) is 13.1. The summed E-state index contributed by atoms with van der Waals surface area (Å²) in [6, 6.07) is 6.23. The van der Waals surface area contributed by atoms with E-state index in [1.54, 1.807) is 28.6 Å². The number of halogens is 1. The smallest absolute Gasteiger partial charge is 0.123 e. The van der Waals surface area contributed by atoms with Crippen molar-refractivity contribution in [2.24, 2.45) is 12.8 Å². The lowest BCUT2D eigenvalue weighted by molar-refractivity contribution is 0.624. The second-order valence-electron chi connectivity index (χ2n) is 4.25. The number of nitrogens with zero attached hydrogens (tertiary/aromatic N) is 2. The van der Waals surface area contributed by atoms with Gasteiger partial charge in [-0.25, -0.2) is 4.39 Å². The largest absolute Gasteiger partial charge is 0.323 e. The van der Waals surface area contributed by atoms with Crippen LogP contribution < -0.4 is 5.73 Å². The summed E-state index contributed by atoms with van der Waals surface area (Å²) >= 11 is 1.67. The lowest BCUT2D eigenvalue weighted by atomic mass is 10.1. The van der Waals surface area contributed by atoms with E-state index in [-0.39, 0.29) is 17.1 Å². The predicted molar refractivity (Wildman–Crippen MR) is 71.9 cm³/mol. The molecule has 0 aliphatic heterocycles. The third kappa shape index (κ3) is 3.11. The van der Waals surface area contributed by atoms with E-state index in [4.69, 9.17) is 5.73 Å². The van der Waals surface area contributed by atoms with Gasteiger partial charge in [-0.2, -0.15) is 5.10 Å². The Morgan fingerprint density at radius 3 is 2.56 bits per heavy atom. The SMILES string of the molecule is CC(Sc1cnn(C)c1)C(N)c1ccc(F)cc1. The van der Waals surface area contributed by atoms with Gasteiger partial charge < -0.3 is 5.73 Å². The van der Waals surface area contributed by atoms with Gasteiger partial charge in [0.1, 0.15) is 5.82 Å². The van der Waals surface area contributed by atoms with Crippen LogP contribution in [0.2, 0.25) is 0 Å². The fraction of sp³-hybridized carbons (Fsp3) is 0.308. The Morgan fingerprint density at radius 1 is 1.33 bits per heavy atom. The van der Waals surface area contributed by atoms with Crippen molar-refractivity contribution >= 4 is 11.8 Å². The number of benzene rings is 1. The number of aryl methyl sites for hydroxylation is 1. The molecule has 0 aliphatic rings. The quantitative estimate of drug-likeness (QED) is 0.864. The van der Waals surface area contributed by atoms with Crippen LogP contribution in [0.15, 0.2) is 41.6 Å². The lowest BCUT2D eigenvalue weighted by Crippen LogP contribution is -2.20. The molecule has 2 atom stereocenters. The van der Waals surface area contributed by atoms with Gasteiger partial charge in [0.05, 0.1) is 6.20 Å². The van der Waals surface area contributed by atoms with Crippen LogP contribution in [0.4, 0.5) is 4.39 Å². The van der Waals surface area contributed by atoms with Gasteiger partial charge in [-0.3, -0.25) is 4.68 Å². The molecule has 1 aromatic carbocycles. The molecule has 3 nitrogen and oxygen atoms in total. The molecule has 2 unspecified atom stereocenters. The Labute approximate surface area is 110 Å². The van der Waals surface area contributed by atoms with Gasteiger partial charge in [-0.15, -0.1) is 11.8 Å². The Morgan fingerprint density at radius 2 is 2.00 bits per heavy atom. The third-order valence-corrected chi connectivity index (χ3v) is 3.91. The number of rotatable bonds is 4. The zero-order valence-electron chi connectivity index (χ0n) is 10.4. The van der Waals surface area contributed by atoms with Crippen LogP contribution in [0, 0.1) is 5.82 Å². The maximum atomic E-state index is 12.8. The van der Waals surface area contributed by atoms with Crippen molar-refractivity contribution in [3.05, 3.63) is 48.0 Å².